The summed E-state index contributed by atoms with van der Waals surface area (Å²) >= 11 is 1.33. The van der Waals surface area contributed by atoms with Crippen molar-refractivity contribution in [2.24, 2.45) is 10.1 Å². The minimum absolute atomic E-state index is 0.137. The van der Waals surface area contributed by atoms with E-state index in [2.05, 4.69) is 20.4 Å². The van der Waals surface area contributed by atoms with Crippen LogP contribution in [-0.4, -0.2) is 55.6 Å². The molecule has 0 aliphatic rings. The van der Waals surface area contributed by atoms with Gasteiger partial charge in [-0.15, -0.1) is 11.3 Å². The largest absolute Gasteiger partial charge is 0.398 e. The van der Waals surface area contributed by atoms with Crippen LogP contribution in [0.5, 0.6) is 0 Å². The first-order valence-electron chi connectivity index (χ1n) is 7.70. The molecule has 1 heterocycles. The summed E-state index contributed by atoms with van der Waals surface area (Å²) < 4.78 is 0. The zero-order chi connectivity index (χ0) is 18.1. The number of benzene rings is 1. The van der Waals surface area contributed by atoms with Gasteiger partial charge in [-0.2, -0.15) is 0 Å². The Bertz CT molecular complexity index is 741. The van der Waals surface area contributed by atoms with Crippen molar-refractivity contribution < 1.29 is 9.63 Å². The molecule has 1 N–H and O–H groups in total. The van der Waals surface area contributed by atoms with Gasteiger partial charge in [-0.25, -0.2) is 9.98 Å². The minimum Gasteiger partial charge on any atom is -0.398 e. The van der Waals surface area contributed by atoms with Crippen molar-refractivity contribution in [3.05, 3.63) is 47.0 Å². The monoisotopic (exact) mass is 359 g/mol. The van der Waals surface area contributed by atoms with Crippen LogP contribution >= 0.6 is 11.3 Å². The number of aromatic nitrogens is 1. The number of nitrogens with zero attached hydrogens (tertiary/aromatic N) is 4. The normalized spacial score (nSPS) is 11.6. The summed E-state index contributed by atoms with van der Waals surface area (Å²) in [6.07, 6.45) is 2.39. The second-order valence-corrected chi connectivity index (χ2v) is 6.17. The molecule has 1 aromatic heterocycles. The molecule has 0 saturated carbocycles. The molecule has 0 aliphatic carbocycles. The van der Waals surface area contributed by atoms with Crippen LogP contribution in [-0.2, 0) is 16.1 Å². The molecule has 132 valence electrons. The third-order valence-electron chi connectivity index (χ3n) is 3.07. The molecule has 1 aromatic carbocycles. The van der Waals surface area contributed by atoms with E-state index in [-0.39, 0.29) is 11.6 Å². The molecule has 0 aliphatic heterocycles. The molecule has 2 aromatic rings. The van der Waals surface area contributed by atoms with Gasteiger partial charge in [0.15, 0.2) is 5.71 Å². The van der Waals surface area contributed by atoms with Gasteiger partial charge in [0.1, 0.15) is 12.8 Å². The van der Waals surface area contributed by atoms with Gasteiger partial charge >= 0.3 is 0 Å². The number of nitrogens with one attached hydrogen (secondary N) is 1. The van der Waals surface area contributed by atoms with Crippen LogP contribution in [0.1, 0.15) is 11.3 Å². The van der Waals surface area contributed by atoms with Crippen LogP contribution < -0.4 is 5.32 Å². The van der Waals surface area contributed by atoms with Crippen LogP contribution in [0.15, 0.2) is 45.9 Å². The van der Waals surface area contributed by atoms with Crippen molar-refractivity contribution in [3.8, 4) is 0 Å². The summed E-state index contributed by atoms with van der Waals surface area (Å²) in [7, 11) is 5.14. The fraction of sp³-hybridized carbons (Fsp3) is 0.294. The number of amides is 1. The third kappa shape index (κ3) is 6.00. The summed E-state index contributed by atoms with van der Waals surface area (Å²) in [6, 6.07) is 9.95. The second kappa shape index (κ2) is 9.53. The predicted molar refractivity (Wildman–Crippen MR) is 101 cm³/mol. The highest BCUT2D eigenvalue weighted by atomic mass is 32.1. The maximum Gasteiger partial charge on any atom is 0.275 e. The van der Waals surface area contributed by atoms with E-state index in [1.165, 1.54) is 18.4 Å². The first kappa shape index (κ1) is 18.6. The Kier molecular flexibility index (Phi) is 7.09. The smallest absolute Gasteiger partial charge is 0.275 e. The predicted octanol–water partition coefficient (Wildman–Crippen LogP) is 2.07. The maximum absolute atomic E-state index is 12.4. The number of hydrogen-bond donors (Lipinski definition) is 1. The Hall–Kier alpha value is -2.74. The molecule has 0 unspecified atom stereocenters. The molecular formula is C17H21N5O2S. The number of oxime groups is 1. The highest BCUT2D eigenvalue weighted by molar-refractivity contribution is 7.13. The van der Waals surface area contributed by atoms with E-state index in [0.29, 0.717) is 17.4 Å². The zero-order valence-corrected chi connectivity index (χ0v) is 15.3. The number of rotatable bonds is 8. The van der Waals surface area contributed by atoms with Crippen LogP contribution in [0.4, 0.5) is 5.13 Å². The van der Waals surface area contributed by atoms with Crippen LogP contribution in [0.2, 0.25) is 0 Å². The zero-order valence-electron chi connectivity index (χ0n) is 14.5. The first-order chi connectivity index (χ1) is 12.1. The lowest BCUT2D eigenvalue weighted by Crippen LogP contribution is -2.33. The fourth-order valence-electron chi connectivity index (χ4n) is 1.94. The molecule has 2 rings (SSSR count). The van der Waals surface area contributed by atoms with E-state index in [4.69, 9.17) is 4.84 Å². The summed E-state index contributed by atoms with van der Waals surface area (Å²) in [6.45, 7) is 0.501. The topological polar surface area (TPSA) is 79.2 Å². The Morgan fingerprint density at radius 2 is 2.12 bits per heavy atom. The van der Waals surface area contributed by atoms with Gasteiger partial charge < -0.3 is 15.1 Å². The summed E-state index contributed by atoms with van der Waals surface area (Å²) in [5.41, 5.74) is 1.73. The lowest BCUT2D eigenvalue weighted by atomic mass is 10.1. The Morgan fingerprint density at radius 1 is 1.36 bits per heavy atom. The van der Waals surface area contributed by atoms with Crippen molar-refractivity contribution in [2.75, 3.05) is 27.7 Å². The van der Waals surface area contributed by atoms with Crippen molar-refractivity contribution in [2.45, 2.75) is 6.42 Å². The minimum atomic E-state index is -0.328. The van der Waals surface area contributed by atoms with Crippen LogP contribution in [0, 0.1) is 0 Å². The van der Waals surface area contributed by atoms with Gasteiger partial charge in [0, 0.05) is 26.0 Å². The summed E-state index contributed by atoms with van der Waals surface area (Å²) in [5, 5.41) is 8.94. The van der Waals surface area contributed by atoms with Crippen molar-refractivity contribution in [3.63, 3.8) is 0 Å². The van der Waals surface area contributed by atoms with E-state index in [0.717, 1.165) is 12.0 Å². The number of aliphatic imine (C=N–C) groups is 1. The SMILES string of the molecule is CO/N=C(/C(=O)NCCc1ccccc1)c1csc(/N=C/N(C)C)n1. The Labute approximate surface area is 151 Å². The average molecular weight is 359 g/mol. The lowest BCUT2D eigenvalue weighted by molar-refractivity contribution is -0.114. The van der Waals surface area contributed by atoms with E-state index >= 15 is 0 Å². The summed E-state index contributed by atoms with van der Waals surface area (Å²) in [4.78, 5) is 27.5. The van der Waals surface area contributed by atoms with Gasteiger partial charge in [-0.05, 0) is 12.0 Å². The Morgan fingerprint density at radius 3 is 2.80 bits per heavy atom. The number of carbonyl (C=O) groups excluding carboxylic acids is 1. The number of carbonyl (C=O) groups is 1. The van der Waals surface area contributed by atoms with Crippen molar-refractivity contribution >= 4 is 34.4 Å². The third-order valence-corrected chi connectivity index (χ3v) is 3.82. The van der Waals surface area contributed by atoms with Gasteiger partial charge in [0.2, 0.25) is 5.13 Å². The lowest BCUT2D eigenvalue weighted by Gasteiger charge is -2.06. The molecule has 0 atom stereocenters. The summed E-state index contributed by atoms with van der Waals surface area (Å²) in [5.74, 6) is -0.328. The molecule has 0 saturated heterocycles. The Balaban J connectivity index is 2.00. The van der Waals surface area contributed by atoms with Crippen LogP contribution in [0.25, 0.3) is 0 Å². The maximum atomic E-state index is 12.4. The fourth-order valence-corrected chi connectivity index (χ4v) is 2.58. The molecular weight excluding hydrogens is 338 g/mol. The second-order valence-electron chi connectivity index (χ2n) is 5.34. The van der Waals surface area contributed by atoms with Crippen molar-refractivity contribution in [1.29, 1.82) is 0 Å². The van der Waals surface area contributed by atoms with Gasteiger partial charge in [0.05, 0.1) is 6.34 Å². The van der Waals surface area contributed by atoms with Gasteiger partial charge in [-0.1, -0.05) is 35.5 Å². The van der Waals surface area contributed by atoms with E-state index in [9.17, 15) is 4.79 Å². The number of hydrogen-bond acceptors (Lipinski definition) is 6. The molecule has 25 heavy (non-hydrogen) atoms. The molecule has 0 bridgehead atoms. The molecule has 7 nitrogen and oxygen atoms in total. The van der Waals surface area contributed by atoms with Gasteiger partial charge in [0.25, 0.3) is 5.91 Å². The van der Waals surface area contributed by atoms with E-state index < -0.39 is 0 Å². The quantitative estimate of drug-likeness (QED) is 0.445. The molecule has 0 fully saturated rings. The highest BCUT2D eigenvalue weighted by Gasteiger charge is 2.18. The first-order valence-corrected chi connectivity index (χ1v) is 8.58. The van der Waals surface area contributed by atoms with Gasteiger partial charge in [-0.3, -0.25) is 4.79 Å². The molecule has 8 heteroatoms. The standard InChI is InChI=1S/C17H21N5O2S/c1-22(2)12-19-17-20-14(11-25-17)15(21-24-3)16(23)18-10-9-13-7-5-4-6-8-13/h4-8,11-12H,9-10H2,1-3H3,(H,18,23)/b19-12+,21-15+. The average Bonchev–Trinajstić information content (AvgIpc) is 3.07. The van der Waals surface area contributed by atoms with E-state index in [1.807, 2.05) is 49.3 Å². The van der Waals surface area contributed by atoms with E-state index in [1.54, 1.807) is 11.7 Å². The molecule has 0 spiro atoms. The molecule has 1 amide bonds. The highest BCUT2D eigenvalue weighted by Crippen LogP contribution is 2.19. The molecule has 0 radical (unpaired) electrons. The van der Waals surface area contributed by atoms with Crippen LogP contribution in [0.3, 0.4) is 0 Å². The number of thiazole rings is 1. The van der Waals surface area contributed by atoms with Crippen molar-refractivity contribution in [1.82, 2.24) is 15.2 Å².